The van der Waals surface area contributed by atoms with Crippen LogP contribution in [-0.4, -0.2) is 43.8 Å². The molecule has 5 heteroatoms. The van der Waals surface area contributed by atoms with Gasteiger partial charge in [-0.15, -0.1) is 0 Å². The Morgan fingerprint density at radius 1 is 1.41 bits per heavy atom. The molecule has 1 saturated heterocycles. The van der Waals surface area contributed by atoms with Gasteiger partial charge in [0.1, 0.15) is 0 Å². The minimum absolute atomic E-state index is 0.119. The molecular weight excluding hydrogens is 224 g/mol. The molecule has 1 aliphatic heterocycles. The highest BCUT2D eigenvalue weighted by Gasteiger charge is 2.36. The van der Waals surface area contributed by atoms with E-state index in [1.165, 1.54) is 0 Å². The van der Waals surface area contributed by atoms with Gasteiger partial charge < -0.3 is 18.9 Å². The molecule has 0 aliphatic carbocycles. The van der Waals surface area contributed by atoms with Crippen molar-refractivity contribution in [3.8, 4) is 0 Å². The maximum atomic E-state index is 11.6. The standard InChI is InChI=1S/C12H22O5/c1-5-14-10(11(13)15-6-2)7-9-8-16-12(3,4)17-9/h9-10H,5-8H2,1-4H3. The van der Waals surface area contributed by atoms with Crippen LogP contribution in [-0.2, 0) is 23.7 Å². The summed E-state index contributed by atoms with van der Waals surface area (Å²) in [5.41, 5.74) is 0. The molecule has 100 valence electrons. The lowest BCUT2D eigenvalue weighted by molar-refractivity contribution is -0.163. The number of carbonyl (C=O) groups is 1. The molecule has 0 radical (unpaired) electrons. The second-order valence-corrected chi connectivity index (χ2v) is 4.38. The lowest BCUT2D eigenvalue weighted by atomic mass is 10.1. The van der Waals surface area contributed by atoms with E-state index in [1.807, 2.05) is 20.8 Å². The highest BCUT2D eigenvalue weighted by atomic mass is 16.7. The third-order valence-corrected chi connectivity index (χ3v) is 2.46. The summed E-state index contributed by atoms with van der Waals surface area (Å²) in [5, 5.41) is 0. The molecular formula is C12H22O5. The predicted octanol–water partition coefficient (Wildman–Crippen LogP) is 1.50. The van der Waals surface area contributed by atoms with Crippen molar-refractivity contribution < 1.29 is 23.7 Å². The lowest BCUT2D eigenvalue weighted by Gasteiger charge is -2.20. The van der Waals surface area contributed by atoms with Gasteiger partial charge in [-0.1, -0.05) is 0 Å². The first-order valence-electron chi connectivity index (χ1n) is 6.08. The van der Waals surface area contributed by atoms with E-state index in [1.54, 1.807) is 6.92 Å². The van der Waals surface area contributed by atoms with Crippen molar-refractivity contribution in [3.05, 3.63) is 0 Å². The zero-order valence-electron chi connectivity index (χ0n) is 11.0. The summed E-state index contributed by atoms with van der Waals surface area (Å²) in [5.74, 6) is -0.904. The maximum Gasteiger partial charge on any atom is 0.335 e. The number of ether oxygens (including phenoxy) is 4. The molecule has 0 spiro atoms. The molecule has 0 amide bonds. The molecule has 0 saturated carbocycles. The van der Waals surface area contributed by atoms with Gasteiger partial charge in [0.05, 0.1) is 19.3 Å². The van der Waals surface area contributed by atoms with Crippen LogP contribution >= 0.6 is 0 Å². The van der Waals surface area contributed by atoms with Crippen LogP contribution in [0, 0.1) is 0 Å². The Kier molecular flexibility index (Phi) is 5.36. The summed E-state index contributed by atoms with van der Waals surface area (Å²) in [6.07, 6.45) is -0.218. The molecule has 17 heavy (non-hydrogen) atoms. The Morgan fingerprint density at radius 2 is 2.12 bits per heavy atom. The van der Waals surface area contributed by atoms with Gasteiger partial charge in [-0.25, -0.2) is 4.79 Å². The molecule has 1 fully saturated rings. The monoisotopic (exact) mass is 246 g/mol. The van der Waals surface area contributed by atoms with Crippen LogP contribution < -0.4 is 0 Å². The number of hydrogen-bond donors (Lipinski definition) is 0. The molecule has 0 N–H and O–H groups in total. The third-order valence-electron chi connectivity index (χ3n) is 2.46. The van der Waals surface area contributed by atoms with Gasteiger partial charge in [-0.2, -0.15) is 0 Å². The summed E-state index contributed by atoms with van der Waals surface area (Å²) in [4.78, 5) is 11.6. The van der Waals surface area contributed by atoms with E-state index < -0.39 is 11.9 Å². The normalized spacial score (nSPS) is 24.6. The molecule has 2 unspecified atom stereocenters. The average molecular weight is 246 g/mol. The molecule has 0 aromatic rings. The van der Waals surface area contributed by atoms with E-state index in [4.69, 9.17) is 18.9 Å². The summed E-state index contributed by atoms with van der Waals surface area (Å²) < 4.78 is 21.4. The highest BCUT2D eigenvalue weighted by molar-refractivity contribution is 5.74. The Morgan fingerprint density at radius 3 is 2.59 bits per heavy atom. The van der Waals surface area contributed by atoms with Gasteiger partial charge in [0.25, 0.3) is 0 Å². The van der Waals surface area contributed by atoms with Crippen molar-refractivity contribution in [1.82, 2.24) is 0 Å². The molecule has 0 aromatic carbocycles. The van der Waals surface area contributed by atoms with Crippen molar-refractivity contribution in [2.75, 3.05) is 19.8 Å². The summed E-state index contributed by atoms with van der Waals surface area (Å²) in [7, 11) is 0. The Labute approximate surface area is 102 Å². The fourth-order valence-corrected chi connectivity index (χ4v) is 1.79. The van der Waals surface area contributed by atoms with Gasteiger partial charge in [0.2, 0.25) is 0 Å². The van der Waals surface area contributed by atoms with Crippen molar-refractivity contribution in [3.63, 3.8) is 0 Å². The van der Waals surface area contributed by atoms with Crippen LogP contribution in [0.5, 0.6) is 0 Å². The van der Waals surface area contributed by atoms with E-state index in [0.29, 0.717) is 26.2 Å². The number of rotatable bonds is 6. The maximum absolute atomic E-state index is 11.6. The summed E-state index contributed by atoms with van der Waals surface area (Å²) in [6.45, 7) is 8.65. The molecule has 2 atom stereocenters. The van der Waals surface area contributed by atoms with E-state index in [-0.39, 0.29) is 12.1 Å². The van der Waals surface area contributed by atoms with Crippen LogP contribution in [0.3, 0.4) is 0 Å². The van der Waals surface area contributed by atoms with Crippen LogP contribution in [0.2, 0.25) is 0 Å². The minimum atomic E-state index is -0.573. The van der Waals surface area contributed by atoms with Crippen LogP contribution in [0.4, 0.5) is 0 Å². The summed E-state index contributed by atoms with van der Waals surface area (Å²) in [6, 6.07) is 0. The highest BCUT2D eigenvalue weighted by Crippen LogP contribution is 2.25. The fourth-order valence-electron chi connectivity index (χ4n) is 1.79. The topological polar surface area (TPSA) is 54.0 Å². The quantitative estimate of drug-likeness (QED) is 0.665. The third kappa shape index (κ3) is 4.61. The SMILES string of the molecule is CCOC(=O)C(CC1COC(C)(C)O1)OCC. The number of hydrogen-bond acceptors (Lipinski definition) is 5. The molecule has 1 aliphatic rings. The molecule has 0 bridgehead atoms. The van der Waals surface area contributed by atoms with E-state index >= 15 is 0 Å². The van der Waals surface area contributed by atoms with Gasteiger partial charge in [-0.05, 0) is 27.7 Å². The summed E-state index contributed by atoms with van der Waals surface area (Å²) >= 11 is 0. The van der Waals surface area contributed by atoms with E-state index in [2.05, 4.69) is 0 Å². The van der Waals surface area contributed by atoms with Crippen LogP contribution in [0.1, 0.15) is 34.1 Å². The molecule has 1 heterocycles. The Hall–Kier alpha value is -0.650. The molecule has 1 rings (SSSR count). The van der Waals surface area contributed by atoms with Gasteiger partial charge in [0.15, 0.2) is 11.9 Å². The zero-order valence-corrected chi connectivity index (χ0v) is 11.0. The predicted molar refractivity (Wildman–Crippen MR) is 61.6 cm³/mol. The van der Waals surface area contributed by atoms with Crippen molar-refractivity contribution >= 4 is 5.97 Å². The van der Waals surface area contributed by atoms with E-state index in [0.717, 1.165) is 0 Å². The van der Waals surface area contributed by atoms with Crippen molar-refractivity contribution in [1.29, 1.82) is 0 Å². The van der Waals surface area contributed by atoms with Gasteiger partial charge >= 0.3 is 5.97 Å². The average Bonchev–Trinajstić information content (AvgIpc) is 2.58. The van der Waals surface area contributed by atoms with E-state index in [9.17, 15) is 4.79 Å². The molecule has 0 aromatic heterocycles. The molecule has 5 nitrogen and oxygen atoms in total. The first-order chi connectivity index (χ1) is 7.98. The van der Waals surface area contributed by atoms with Gasteiger partial charge in [0, 0.05) is 13.0 Å². The Balaban J connectivity index is 2.47. The van der Waals surface area contributed by atoms with Crippen molar-refractivity contribution in [2.45, 2.75) is 52.1 Å². The number of carbonyl (C=O) groups excluding carboxylic acids is 1. The van der Waals surface area contributed by atoms with Crippen LogP contribution in [0.25, 0.3) is 0 Å². The van der Waals surface area contributed by atoms with Gasteiger partial charge in [-0.3, -0.25) is 0 Å². The number of esters is 1. The largest absolute Gasteiger partial charge is 0.464 e. The lowest BCUT2D eigenvalue weighted by Crippen LogP contribution is -2.32. The first-order valence-corrected chi connectivity index (χ1v) is 6.08. The smallest absolute Gasteiger partial charge is 0.335 e. The van der Waals surface area contributed by atoms with Crippen LogP contribution in [0.15, 0.2) is 0 Å². The first kappa shape index (κ1) is 14.4. The Bertz CT molecular complexity index is 251. The van der Waals surface area contributed by atoms with Crippen molar-refractivity contribution in [2.24, 2.45) is 0 Å². The minimum Gasteiger partial charge on any atom is -0.464 e. The second kappa shape index (κ2) is 6.33. The zero-order chi connectivity index (χ0) is 12.9. The second-order valence-electron chi connectivity index (χ2n) is 4.38. The fraction of sp³-hybridized carbons (Fsp3) is 0.917.